The zero-order valence-corrected chi connectivity index (χ0v) is 14.9. The fourth-order valence-electron chi connectivity index (χ4n) is 3.12. The van der Waals surface area contributed by atoms with Crippen molar-refractivity contribution < 1.29 is 4.74 Å². The summed E-state index contributed by atoms with van der Waals surface area (Å²) in [5.74, 6) is 1.08. The average molecular weight is 363 g/mol. The van der Waals surface area contributed by atoms with E-state index in [2.05, 4.69) is 20.4 Å². The lowest BCUT2D eigenvalue weighted by molar-refractivity contribution is 0.193. The standard InChI is InChI=1S/C20H21N5O2/c26-20-7-6-17(15-4-2-1-3-5-15)24-25(20)10-9-21-19-12-18(22-14-23-19)16-8-11-27-13-16/h1-7,12,14,16H,8-11,13H2,(H,21,22,23)/t16-/m1/s1. The van der Waals surface area contributed by atoms with Crippen LogP contribution >= 0.6 is 0 Å². The van der Waals surface area contributed by atoms with E-state index in [4.69, 9.17) is 4.74 Å². The van der Waals surface area contributed by atoms with Gasteiger partial charge in [0.15, 0.2) is 0 Å². The maximum atomic E-state index is 12.1. The minimum atomic E-state index is -0.122. The Kier molecular flexibility index (Phi) is 5.20. The second-order valence-electron chi connectivity index (χ2n) is 6.46. The number of hydrogen-bond acceptors (Lipinski definition) is 6. The first-order valence-electron chi connectivity index (χ1n) is 9.07. The summed E-state index contributed by atoms with van der Waals surface area (Å²) >= 11 is 0. The Hall–Kier alpha value is -3.06. The Morgan fingerprint density at radius 2 is 2.04 bits per heavy atom. The second kappa shape index (κ2) is 8.09. The molecular weight excluding hydrogens is 342 g/mol. The summed E-state index contributed by atoms with van der Waals surface area (Å²) < 4.78 is 6.90. The van der Waals surface area contributed by atoms with Crippen molar-refractivity contribution in [3.05, 3.63) is 70.9 Å². The van der Waals surface area contributed by atoms with Crippen LogP contribution < -0.4 is 10.9 Å². The SMILES string of the molecule is O=c1ccc(-c2ccccc2)nn1CCNc1cc([C@@H]2CCOC2)ncn1. The van der Waals surface area contributed by atoms with Crippen LogP contribution in [0, 0.1) is 0 Å². The lowest BCUT2D eigenvalue weighted by Crippen LogP contribution is -2.26. The predicted molar refractivity (Wildman–Crippen MR) is 103 cm³/mol. The highest BCUT2D eigenvalue weighted by atomic mass is 16.5. The number of rotatable bonds is 6. The molecule has 27 heavy (non-hydrogen) atoms. The molecule has 0 saturated carbocycles. The van der Waals surface area contributed by atoms with Gasteiger partial charge < -0.3 is 10.1 Å². The molecule has 0 amide bonds. The van der Waals surface area contributed by atoms with Crippen LogP contribution in [0.25, 0.3) is 11.3 Å². The summed E-state index contributed by atoms with van der Waals surface area (Å²) in [5.41, 5.74) is 2.63. The Morgan fingerprint density at radius 1 is 1.15 bits per heavy atom. The topological polar surface area (TPSA) is 81.9 Å². The molecule has 0 aliphatic carbocycles. The lowest BCUT2D eigenvalue weighted by Gasteiger charge is -2.11. The van der Waals surface area contributed by atoms with E-state index in [-0.39, 0.29) is 5.56 Å². The van der Waals surface area contributed by atoms with Crippen LogP contribution in [0.1, 0.15) is 18.0 Å². The summed E-state index contributed by atoms with van der Waals surface area (Å²) in [6.45, 7) is 2.49. The number of anilines is 1. The van der Waals surface area contributed by atoms with Crippen LogP contribution in [0.5, 0.6) is 0 Å². The van der Waals surface area contributed by atoms with Crippen molar-refractivity contribution in [2.45, 2.75) is 18.9 Å². The molecule has 0 spiro atoms. The molecule has 1 aliphatic heterocycles. The van der Waals surface area contributed by atoms with Gasteiger partial charge in [-0.05, 0) is 12.5 Å². The molecule has 7 nitrogen and oxygen atoms in total. The molecule has 1 fully saturated rings. The largest absolute Gasteiger partial charge is 0.381 e. The zero-order chi connectivity index (χ0) is 18.5. The Labute approximate surface area is 157 Å². The van der Waals surface area contributed by atoms with Gasteiger partial charge in [0, 0.05) is 36.8 Å². The number of nitrogens with one attached hydrogen (secondary N) is 1. The van der Waals surface area contributed by atoms with Crippen LogP contribution in [0.2, 0.25) is 0 Å². The minimum absolute atomic E-state index is 0.122. The van der Waals surface area contributed by atoms with E-state index < -0.39 is 0 Å². The van der Waals surface area contributed by atoms with E-state index >= 15 is 0 Å². The summed E-state index contributed by atoms with van der Waals surface area (Å²) in [6.07, 6.45) is 2.55. The second-order valence-corrected chi connectivity index (χ2v) is 6.46. The van der Waals surface area contributed by atoms with Crippen molar-refractivity contribution in [3.8, 4) is 11.3 Å². The van der Waals surface area contributed by atoms with Crippen LogP contribution in [0.15, 0.2) is 59.7 Å². The minimum Gasteiger partial charge on any atom is -0.381 e. The van der Waals surface area contributed by atoms with Crippen LogP contribution in [-0.4, -0.2) is 39.5 Å². The number of hydrogen-bond donors (Lipinski definition) is 1. The molecule has 0 bridgehead atoms. The van der Waals surface area contributed by atoms with Crippen LogP contribution in [0.4, 0.5) is 5.82 Å². The van der Waals surface area contributed by atoms with E-state index in [9.17, 15) is 4.79 Å². The van der Waals surface area contributed by atoms with Crippen molar-refractivity contribution in [2.75, 3.05) is 25.1 Å². The Morgan fingerprint density at radius 3 is 2.85 bits per heavy atom. The third kappa shape index (κ3) is 4.20. The average Bonchev–Trinajstić information content (AvgIpc) is 3.25. The number of aromatic nitrogens is 4. The van der Waals surface area contributed by atoms with Crippen molar-refractivity contribution >= 4 is 5.82 Å². The van der Waals surface area contributed by atoms with Gasteiger partial charge in [-0.3, -0.25) is 4.79 Å². The molecule has 1 atom stereocenters. The van der Waals surface area contributed by atoms with Gasteiger partial charge >= 0.3 is 0 Å². The van der Waals surface area contributed by atoms with E-state index in [0.29, 0.717) is 25.6 Å². The van der Waals surface area contributed by atoms with Gasteiger partial charge in [-0.25, -0.2) is 14.6 Å². The highest BCUT2D eigenvalue weighted by Gasteiger charge is 2.19. The van der Waals surface area contributed by atoms with E-state index in [1.54, 1.807) is 18.5 Å². The van der Waals surface area contributed by atoms with E-state index in [1.807, 2.05) is 36.4 Å². The van der Waals surface area contributed by atoms with Gasteiger partial charge in [0.25, 0.3) is 5.56 Å². The summed E-state index contributed by atoms with van der Waals surface area (Å²) in [6, 6.07) is 15.1. The molecule has 0 radical (unpaired) electrons. The monoisotopic (exact) mass is 363 g/mol. The van der Waals surface area contributed by atoms with Crippen molar-refractivity contribution in [2.24, 2.45) is 0 Å². The number of ether oxygens (including phenoxy) is 1. The first kappa shape index (κ1) is 17.4. The smallest absolute Gasteiger partial charge is 0.266 e. The molecule has 7 heteroatoms. The number of benzene rings is 1. The molecule has 1 N–H and O–H groups in total. The fraction of sp³-hybridized carbons (Fsp3) is 0.300. The fourth-order valence-corrected chi connectivity index (χ4v) is 3.12. The Bertz CT molecular complexity index is 952. The molecule has 0 unspecified atom stereocenters. The van der Waals surface area contributed by atoms with Crippen molar-refractivity contribution in [1.82, 2.24) is 19.7 Å². The van der Waals surface area contributed by atoms with Gasteiger partial charge in [-0.1, -0.05) is 30.3 Å². The molecule has 1 aromatic carbocycles. The molecular formula is C20H21N5O2. The zero-order valence-electron chi connectivity index (χ0n) is 14.9. The summed E-state index contributed by atoms with van der Waals surface area (Å²) in [5, 5.41) is 7.72. The Balaban J connectivity index is 1.42. The van der Waals surface area contributed by atoms with Gasteiger partial charge in [0.2, 0.25) is 0 Å². The molecule has 138 valence electrons. The van der Waals surface area contributed by atoms with E-state index in [1.165, 1.54) is 4.68 Å². The first-order chi connectivity index (χ1) is 13.3. The quantitative estimate of drug-likeness (QED) is 0.724. The molecule has 3 heterocycles. The molecule has 2 aromatic heterocycles. The maximum Gasteiger partial charge on any atom is 0.266 e. The van der Waals surface area contributed by atoms with Crippen LogP contribution in [-0.2, 0) is 11.3 Å². The van der Waals surface area contributed by atoms with E-state index in [0.717, 1.165) is 35.8 Å². The summed E-state index contributed by atoms with van der Waals surface area (Å²) in [4.78, 5) is 20.7. The maximum absolute atomic E-state index is 12.1. The molecule has 3 aromatic rings. The first-order valence-corrected chi connectivity index (χ1v) is 9.07. The highest BCUT2D eigenvalue weighted by Crippen LogP contribution is 2.24. The third-order valence-electron chi connectivity index (χ3n) is 4.60. The van der Waals surface area contributed by atoms with Gasteiger partial charge in [0.05, 0.1) is 24.5 Å². The van der Waals surface area contributed by atoms with Crippen LogP contribution in [0.3, 0.4) is 0 Å². The van der Waals surface area contributed by atoms with Crippen molar-refractivity contribution in [1.29, 1.82) is 0 Å². The predicted octanol–water partition coefficient (Wildman–Crippen LogP) is 2.32. The molecule has 4 rings (SSSR count). The molecule has 1 saturated heterocycles. The van der Waals surface area contributed by atoms with Gasteiger partial charge in [-0.15, -0.1) is 0 Å². The highest BCUT2D eigenvalue weighted by molar-refractivity contribution is 5.57. The number of nitrogens with zero attached hydrogens (tertiary/aromatic N) is 4. The van der Waals surface area contributed by atoms with Gasteiger partial charge in [-0.2, -0.15) is 5.10 Å². The van der Waals surface area contributed by atoms with Gasteiger partial charge in [0.1, 0.15) is 12.1 Å². The normalized spacial score (nSPS) is 16.4. The summed E-state index contributed by atoms with van der Waals surface area (Å²) in [7, 11) is 0. The third-order valence-corrected chi connectivity index (χ3v) is 4.60. The lowest BCUT2D eigenvalue weighted by atomic mass is 10.1. The van der Waals surface area contributed by atoms with Crippen molar-refractivity contribution in [3.63, 3.8) is 0 Å². The molecule has 1 aliphatic rings.